The number of hydrogen-bond donors (Lipinski definition) is 2. The van der Waals surface area contributed by atoms with Crippen molar-refractivity contribution in [3.05, 3.63) is 52.5 Å². The van der Waals surface area contributed by atoms with E-state index in [4.69, 9.17) is 11.6 Å². The number of halogens is 1. The van der Waals surface area contributed by atoms with Gasteiger partial charge in [0.05, 0.1) is 10.7 Å². The molecule has 3 rings (SSSR count). The van der Waals surface area contributed by atoms with Crippen LogP contribution in [0.25, 0.3) is 0 Å². The van der Waals surface area contributed by atoms with E-state index in [1.54, 1.807) is 6.07 Å². The lowest BCUT2D eigenvalue weighted by Crippen LogP contribution is -2.35. The molecule has 2 aromatic carbocycles. The van der Waals surface area contributed by atoms with E-state index in [9.17, 15) is 9.59 Å². The molecule has 1 aliphatic rings. The predicted molar refractivity (Wildman–Crippen MR) is 111 cm³/mol. The van der Waals surface area contributed by atoms with Crippen molar-refractivity contribution < 1.29 is 9.59 Å². The second-order valence-corrected chi connectivity index (χ2v) is 7.78. The smallest absolute Gasteiger partial charge is 0.240 e. The third-order valence-electron chi connectivity index (χ3n) is 4.93. The van der Waals surface area contributed by atoms with Gasteiger partial charge in [0.25, 0.3) is 0 Å². The fraction of sp³-hybridized carbons (Fsp3) is 0.333. The fourth-order valence-corrected chi connectivity index (χ4v) is 3.45. The first kappa shape index (κ1) is 19.2. The second-order valence-electron chi connectivity index (χ2n) is 7.37. The Morgan fingerprint density at radius 3 is 2.11 bits per heavy atom. The van der Waals surface area contributed by atoms with E-state index in [-0.39, 0.29) is 11.8 Å². The summed E-state index contributed by atoms with van der Waals surface area (Å²) in [6.45, 7) is 3.84. The van der Waals surface area contributed by atoms with E-state index in [0.29, 0.717) is 29.2 Å². The molecule has 0 radical (unpaired) electrons. The molecule has 1 fully saturated rings. The number of aryl methyl sites for hydroxylation is 2. The van der Waals surface area contributed by atoms with E-state index in [0.717, 1.165) is 16.8 Å². The quantitative estimate of drug-likeness (QED) is 0.751. The molecule has 0 saturated heterocycles. The Morgan fingerprint density at radius 1 is 1.00 bits per heavy atom. The number of nitrogens with zero attached hydrogens (tertiary/aromatic N) is 1. The molecule has 142 valence electrons. The van der Waals surface area contributed by atoms with Gasteiger partial charge in [0, 0.05) is 25.5 Å². The largest absolute Gasteiger partial charge is 0.378 e. The lowest BCUT2D eigenvalue weighted by molar-refractivity contribution is -0.131. The first-order valence-electron chi connectivity index (χ1n) is 8.90. The molecule has 5 nitrogen and oxygen atoms in total. The first-order chi connectivity index (χ1) is 12.7. The van der Waals surface area contributed by atoms with Gasteiger partial charge in [-0.25, -0.2) is 0 Å². The van der Waals surface area contributed by atoms with Crippen LogP contribution in [0.2, 0.25) is 5.02 Å². The molecule has 0 heterocycles. The maximum Gasteiger partial charge on any atom is 0.240 e. The highest BCUT2D eigenvalue weighted by Crippen LogP contribution is 2.48. The van der Waals surface area contributed by atoms with E-state index in [2.05, 4.69) is 10.6 Å². The van der Waals surface area contributed by atoms with Crippen LogP contribution in [0.4, 0.5) is 17.1 Å². The number of hydrogen-bond acceptors (Lipinski definition) is 3. The summed E-state index contributed by atoms with van der Waals surface area (Å²) >= 11 is 6.28. The summed E-state index contributed by atoms with van der Waals surface area (Å²) in [7, 11) is 3.91. The number of carbonyl (C=O) groups is 2. The molecule has 0 aliphatic heterocycles. The molecule has 0 unspecified atom stereocenters. The first-order valence-corrected chi connectivity index (χ1v) is 9.28. The molecule has 6 heteroatoms. The third kappa shape index (κ3) is 3.93. The zero-order valence-electron chi connectivity index (χ0n) is 16.0. The SMILES string of the molecule is Cc1cc(C)c(NC(=O)C2(C(=O)Nc3ccc(N(C)C)cc3)CC2)c(Cl)c1. The van der Waals surface area contributed by atoms with Crippen molar-refractivity contribution >= 4 is 40.5 Å². The van der Waals surface area contributed by atoms with E-state index in [1.807, 2.05) is 63.2 Å². The summed E-state index contributed by atoms with van der Waals surface area (Å²) < 4.78 is 0. The number of nitrogens with one attached hydrogen (secondary N) is 2. The minimum atomic E-state index is -1.03. The molecule has 2 aromatic rings. The summed E-state index contributed by atoms with van der Waals surface area (Å²) in [5.74, 6) is -0.586. The van der Waals surface area contributed by atoms with Crippen LogP contribution in [-0.4, -0.2) is 25.9 Å². The number of benzene rings is 2. The molecule has 0 bridgehead atoms. The minimum absolute atomic E-state index is 0.279. The Labute approximate surface area is 164 Å². The molecule has 0 atom stereocenters. The highest BCUT2D eigenvalue weighted by Gasteiger charge is 2.56. The van der Waals surface area contributed by atoms with Gasteiger partial charge >= 0.3 is 0 Å². The van der Waals surface area contributed by atoms with Crippen LogP contribution in [0, 0.1) is 19.3 Å². The molecule has 1 saturated carbocycles. The van der Waals surface area contributed by atoms with E-state index >= 15 is 0 Å². The second kappa shape index (κ2) is 7.24. The maximum absolute atomic E-state index is 12.8. The van der Waals surface area contributed by atoms with Crippen molar-refractivity contribution in [2.45, 2.75) is 26.7 Å². The van der Waals surface area contributed by atoms with Gasteiger partial charge in [0.2, 0.25) is 11.8 Å². The van der Waals surface area contributed by atoms with Gasteiger partial charge in [-0.15, -0.1) is 0 Å². The summed E-state index contributed by atoms with van der Waals surface area (Å²) in [4.78, 5) is 27.6. The van der Waals surface area contributed by atoms with E-state index < -0.39 is 5.41 Å². The van der Waals surface area contributed by atoms with E-state index in [1.165, 1.54) is 0 Å². The van der Waals surface area contributed by atoms with Gasteiger partial charge < -0.3 is 15.5 Å². The van der Waals surface area contributed by atoms with Crippen molar-refractivity contribution in [1.82, 2.24) is 0 Å². The van der Waals surface area contributed by atoms with Crippen LogP contribution in [0.1, 0.15) is 24.0 Å². The lowest BCUT2D eigenvalue weighted by atomic mass is 10.0. The van der Waals surface area contributed by atoms with Gasteiger partial charge in [-0.1, -0.05) is 17.7 Å². The molecule has 1 aliphatic carbocycles. The van der Waals surface area contributed by atoms with Gasteiger partial charge in [0.1, 0.15) is 5.41 Å². The Balaban J connectivity index is 1.72. The van der Waals surface area contributed by atoms with Gasteiger partial charge in [0.15, 0.2) is 0 Å². The highest BCUT2D eigenvalue weighted by molar-refractivity contribution is 6.34. The number of rotatable bonds is 5. The third-order valence-corrected chi connectivity index (χ3v) is 5.23. The highest BCUT2D eigenvalue weighted by atomic mass is 35.5. The average Bonchev–Trinajstić information content (AvgIpc) is 3.40. The Kier molecular flexibility index (Phi) is 5.16. The standard InChI is InChI=1S/C21H24ClN3O2/c1-13-11-14(2)18(17(22)12-13)24-20(27)21(9-10-21)19(26)23-15-5-7-16(8-6-15)25(3)4/h5-8,11-12H,9-10H2,1-4H3,(H,23,26)(H,24,27). The molecule has 2 amide bonds. The van der Waals surface area contributed by atoms with Gasteiger partial charge in [-0.05, 0) is 68.1 Å². The topological polar surface area (TPSA) is 61.4 Å². The Bertz CT molecular complexity index is 864. The van der Waals surface area contributed by atoms with Crippen LogP contribution in [0.3, 0.4) is 0 Å². The molecule has 27 heavy (non-hydrogen) atoms. The molecular weight excluding hydrogens is 362 g/mol. The fourth-order valence-electron chi connectivity index (χ4n) is 3.08. The van der Waals surface area contributed by atoms with Crippen molar-refractivity contribution in [3.63, 3.8) is 0 Å². The number of carbonyl (C=O) groups excluding carboxylic acids is 2. The van der Waals surface area contributed by atoms with Gasteiger partial charge in [-0.2, -0.15) is 0 Å². The Morgan fingerprint density at radius 2 is 1.59 bits per heavy atom. The zero-order valence-corrected chi connectivity index (χ0v) is 16.8. The maximum atomic E-state index is 12.8. The van der Waals surface area contributed by atoms with Gasteiger partial charge in [-0.3, -0.25) is 9.59 Å². The molecule has 0 aromatic heterocycles. The molecular formula is C21H24ClN3O2. The van der Waals surface area contributed by atoms with Crippen LogP contribution in [-0.2, 0) is 9.59 Å². The number of amides is 2. The predicted octanol–water partition coefficient (Wildman–Crippen LogP) is 4.38. The summed E-state index contributed by atoms with van der Waals surface area (Å²) in [5.41, 5.74) is 3.16. The van der Waals surface area contributed by atoms with Crippen LogP contribution >= 0.6 is 11.6 Å². The van der Waals surface area contributed by atoms with Crippen LogP contribution in [0.15, 0.2) is 36.4 Å². The summed E-state index contributed by atoms with van der Waals surface area (Å²) in [6.07, 6.45) is 1.06. The normalized spacial score (nSPS) is 14.4. The van der Waals surface area contributed by atoms with Crippen molar-refractivity contribution in [2.24, 2.45) is 5.41 Å². The molecule has 2 N–H and O–H groups in total. The zero-order chi connectivity index (χ0) is 19.8. The summed E-state index contributed by atoms with van der Waals surface area (Å²) in [5, 5.41) is 6.21. The van der Waals surface area contributed by atoms with Crippen LogP contribution < -0.4 is 15.5 Å². The average molecular weight is 386 g/mol. The lowest BCUT2D eigenvalue weighted by Gasteiger charge is -2.18. The molecule has 0 spiro atoms. The van der Waals surface area contributed by atoms with Crippen molar-refractivity contribution in [2.75, 3.05) is 29.6 Å². The monoisotopic (exact) mass is 385 g/mol. The number of anilines is 3. The van der Waals surface area contributed by atoms with Crippen molar-refractivity contribution in [3.8, 4) is 0 Å². The summed E-state index contributed by atoms with van der Waals surface area (Å²) in [6, 6.07) is 11.3. The minimum Gasteiger partial charge on any atom is -0.378 e. The van der Waals surface area contributed by atoms with Crippen LogP contribution in [0.5, 0.6) is 0 Å². The Hall–Kier alpha value is -2.53. The van der Waals surface area contributed by atoms with Crippen molar-refractivity contribution in [1.29, 1.82) is 0 Å².